The van der Waals surface area contributed by atoms with Crippen LogP contribution in [0.15, 0.2) is 0 Å². The van der Waals surface area contributed by atoms with Gasteiger partial charge in [-0.3, -0.25) is 14.3 Å². The largest absolute Gasteiger partial charge is 0.358 e. The van der Waals surface area contributed by atoms with Crippen LogP contribution in [-0.2, 0) is 11.3 Å². The summed E-state index contributed by atoms with van der Waals surface area (Å²) in [4.78, 5) is 23.2. The summed E-state index contributed by atoms with van der Waals surface area (Å²) in [5, 5.41) is 6.11. The van der Waals surface area contributed by atoms with Gasteiger partial charge in [0.05, 0.1) is 0 Å². The van der Waals surface area contributed by atoms with Crippen molar-refractivity contribution in [2.75, 3.05) is 7.05 Å². The van der Waals surface area contributed by atoms with Crippen LogP contribution in [0.1, 0.15) is 40.5 Å². The zero-order valence-corrected chi connectivity index (χ0v) is 9.61. The molecule has 2 aliphatic carbocycles. The lowest BCUT2D eigenvalue weighted by Crippen LogP contribution is -2.26. The van der Waals surface area contributed by atoms with E-state index in [2.05, 4.69) is 10.4 Å². The van der Waals surface area contributed by atoms with Crippen LogP contribution in [0.2, 0.25) is 0 Å². The Morgan fingerprint density at radius 1 is 1.56 bits per heavy atom. The van der Waals surface area contributed by atoms with Crippen LogP contribution in [0, 0.1) is 5.92 Å². The van der Waals surface area contributed by atoms with Gasteiger partial charge in [0.25, 0.3) is 6.43 Å². The number of halogens is 2. The molecule has 0 bridgehead atoms. The average molecular weight is 255 g/mol. The SMILES string of the molecule is CNC(=O)Cn1nc(C(F)F)c2c1C(=O)C1CC21. The second-order valence-corrected chi connectivity index (χ2v) is 4.59. The molecule has 5 nitrogen and oxygen atoms in total. The molecule has 2 aliphatic rings. The third-order valence-corrected chi connectivity index (χ3v) is 3.53. The molecular formula is C11H11F2N3O2. The summed E-state index contributed by atoms with van der Waals surface area (Å²) in [7, 11) is 1.44. The second-order valence-electron chi connectivity index (χ2n) is 4.59. The van der Waals surface area contributed by atoms with Gasteiger partial charge < -0.3 is 5.32 Å². The van der Waals surface area contributed by atoms with Gasteiger partial charge in [0.2, 0.25) is 5.91 Å². The highest BCUT2D eigenvalue weighted by molar-refractivity contribution is 6.05. The number of Topliss-reactive ketones (excluding diaryl/α,β-unsaturated/α-hetero) is 1. The van der Waals surface area contributed by atoms with Gasteiger partial charge in [-0.2, -0.15) is 5.10 Å². The molecule has 2 atom stereocenters. The van der Waals surface area contributed by atoms with Crippen molar-refractivity contribution in [1.82, 2.24) is 15.1 Å². The average Bonchev–Trinajstić information content (AvgIpc) is 2.95. The monoisotopic (exact) mass is 255 g/mol. The van der Waals surface area contributed by atoms with Crippen molar-refractivity contribution < 1.29 is 18.4 Å². The van der Waals surface area contributed by atoms with Crippen LogP contribution in [0.25, 0.3) is 0 Å². The summed E-state index contributed by atoms with van der Waals surface area (Å²) in [5.74, 6) is -0.783. The predicted molar refractivity (Wildman–Crippen MR) is 56.4 cm³/mol. The highest BCUT2D eigenvalue weighted by Crippen LogP contribution is 2.58. The number of nitrogens with zero attached hydrogens (tertiary/aromatic N) is 2. The fraction of sp³-hybridized carbons (Fsp3) is 0.545. The first-order chi connectivity index (χ1) is 8.54. The number of rotatable bonds is 3. The molecule has 1 amide bonds. The molecule has 1 heterocycles. The smallest absolute Gasteiger partial charge is 0.282 e. The molecule has 1 saturated carbocycles. The van der Waals surface area contributed by atoms with E-state index in [1.54, 1.807) is 0 Å². The summed E-state index contributed by atoms with van der Waals surface area (Å²) in [6.45, 7) is -0.198. The van der Waals surface area contributed by atoms with E-state index >= 15 is 0 Å². The Bertz CT molecular complexity index is 553. The Hall–Kier alpha value is -1.79. The predicted octanol–water partition coefficient (Wildman–Crippen LogP) is 0.866. The van der Waals surface area contributed by atoms with Crippen molar-refractivity contribution in [3.05, 3.63) is 17.0 Å². The lowest BCUT2D eigenvalue weighted by Gasteiger charge is -2.04. The first-order valence-electron chi connectivity index (χ1n) is 5.68. The van der Waals surface area contributed by atoms with Gasteiger partial charge in [0, 0.05) is 18.5 Å². The van der Waals surface area contributed by atoms with E-state index in [0.717, 1.165) is 4.68 Å². The minimum Gasteiger partial charge on any atom is -0.358 e. The van der Waals surface area contributed by atoms with Gasteiger partial charge in [0.1, 0.15) is 17.9 Å². The lowest BCUT2D eigenvalue weighted by atomic mass is 10.1. The van der Waals surface area contributed by atoms with Crippen molar-refractivity contribution >= 4 is 11.7 Å². The van der Waals surface area contributed by atoms with Crippen LogP contribution >= 0.6 is 0 Å². The van der Waals surface area contributed by atoms with E-state index in [1.165, 1.54) is 7.05 Å². The maximum Gasteiger partial charge on any atom is 0.282 e. The van der Waals surface area contributed by atoms with E-state index in [1.807, 2.05) is 0 Å². The molecule has 0 radical (unpaired) electrons. The molecule has 96 valence electrons. The van der Waals surface area contributed by atoms with E-state index in [-0.39, 0.29) is 41.5 Å². The van der Waals surface area contributed by atoms with Crippen LogP contribution < -0.4 is 5.32 Å². The molecule has 1 aromatic heterocycles. The number of hydrogen-bond acceptors (Lipinski definition) is 3. The Balaban J connectivity index is 2.06. The van der Waals surface area contributed by atoms with Crippen molar-refractivity contribution in [2.45, 2.75) is 25.3 Å². The third-order valence-electron chi connectivity index (χ3n) is 3.53. The summed E-state index contributed by atoms with van der Waals surface area (Å²) in [6, 6.07) is 0. The number of fused-ring (bicyclic) bond motifs is 3. The molecule has 18 heavy (non-hydrogen) atoms. The molecule has 0 aliphatic heterocycles. The fourth-order valence-electron chi connectivity index (χ4n) is 2.59. The van der Waals surface area contributed by atoms with Gasteiger partial charge in [-0.05, 0) is 12.3 Å². The van der Waals surface area contributed by atoms with Crippen molar-refractivity contribution in [3.8, 4) is 0 Å². The quantitative estimate of drug-likeness (QED) is 0.871. The van der Waals surface area contributed by atoms with Gasteiger partial charge in [0.15, 0.2) is 5.78 Å². The molecule has 0 saturated heterocycles. The standard InChI is InChI=1S/C11H11F2N3O2/c1-14-6(17)3-16-9-7(8(15-16)11(12)13)4-2-5(4)10(9)18/h4-5,11H,2-3H2,1H3,(H,14,17). The zero-order valence-electron chi connectivity index (χ0n) is 9.61. The third kappa shape index (κ3) is 1.39. The van der Waals surface area contributed by atoms with Crippen molar-refractivity contribution in [2.24, 2.45) is 5.92 Å². The number of ketones is 1. The highest BCUT2D eigenvalue weighted by atomic mass is 19.3. The maximum atomic E-state index is 12.9. The number of hydrogen-bond donors (Lipinski definition) is 1. The van der Waals surface area contributed by atoms with E-state index in [9.17, 15) is 18.4 Å². The van der Waals surface area contributed by atoms with Crippen molar-refractivity contribution in [1.29, 1.82) is 0 Å². The first kappa shape index (κ1) is 11.3. The van der Waals surface area contributed by atoms with Crippen LogP contribution in [0.4, 0.5) is 8.78 Å². The Kier molecular flexibility index (Phi) is 2.26. The number of carbonyl (C=O) groups excluding carboxylic acids is 2. The fourth-order valence-corrected chi connectivity index (χ4v) is 2.59. The summed E-state index contributed by atoms with van der Waals surface area (Å²) >= 11 is 0. The van der Waals surface area contributed by atoms with Crippen molar-refractivity contribution in [3.63, 3.8) is 0 Å². The van der Waals surface area contributed by atoms with Gasteiger partial charge >= 0.3 is 0 Å². The van der Waals surface area contributed by atoms with Crippen LogP contribution in [0.3, 0.4) is 0 Å². The molecule has 1 N–H and O–H groups in total. The number of aromatic nitrogens is 2. The molecule has 1 fully saturated rings. The number of nitrogens with one attached hydrogen (secondary N) is 1. The number of carbonyl (C=O) groups is 2. The van der Waals surface area contributed by atoms with Crippen LogP contribution in [-0.4, -0.2) is 28.5 Å². The normalized spacial score (nSPS) is 24.1. The molecule has 0 spiro atoms. The maximum absolute atomic E-state index is 12.9. The number of likely N-dealkylation sites (N-methyl/N-ethyl adjacent to an activating group) is 1. The molecule has 3 rings (SSSR count). The molecule has 2 unspecified atom stereocenters. The minimum absolute atomic E-state index is 0.102. The number of alkyl halides is 2. The van der Waals surface area contributed by atoms with Gasteiger partial charge in [-0.25, -0.2) is 8.78 Å². The number of amides is 1. The first-order valence-corrected chi connectivity index (χ1v) is 5.68. The minimum atomic E-state index is -2.71. The lowest BCUT2D eigenvalue weighted by molar-refractivity contribution is -0.121. The Morgan fingerprint density at radius 3 is 2.89 bits per heavy atom. The Labute approximate surface area is 101 Å². The highest BCUT2D eigenvalue weighted by Gasteiger charge is 2.56. The molecule has 1 aromatic rings. The topological polar surface area (TPSA) is 64.0 Å². The summed E-state index contributed by atoms with van der Waals surface area (Å²) in [5.41, 5.74) is 0.228. The van der Waals surface area contributed by atoms with Crippen LogP contribution in [0.5, 0.6) is 0 Å². The second kappa shape index (κ2) is 3.60. The van der Waals surface area contributed by atoms with Gasteiger partial charge in [-0.15, -0.1) is 0 Å². The molecule has 0 aromatic carbocycles. The summed E-state index contributed by atoms with van der Waals surface area (Å²) in [6.07, 6.45) is -2.08. The molecular weight excluding hydrogens is 244 g/mol. The van der Waals surface area contributed by atoms with Gasteiger partial charge in [-0.1, -0.05) is 0 Å². The summed E-state index contributed by atoms with van der Waals surface area (Å²) < 4.78 is 26.9. The molecule has 7 heteroatoms. The zero-order chi connectivity index (χ0) is 13.0. The van der Waals surface area contributed by atoms with E-state index in [0.29, 0.717) is 12.0 Å². The Morgan fingerprint density at radius 2 is 2.28 bits per heavy atom. The van der Waals surface area contributed by atoms with E-state index < -0.39 is 6.43 Å². The van der Waals surface area contributed by atoms with E-state index in [4.69, 9.17) is 0 Å².